The Hall–Kier alpha value is -0.950. The maximum Gasteiger partial charge on any atom is 0.265 e. The molecule has 2 rings (SSSR count). The molecular formula is C15H22BrN3O2. The molecule has 0 saturated carbocycles. The number of nitrogens with zero attached hydrogens (tertiary/aromatic N) is 1. The lowest BCUT2D eigenvalue weighted by Crippen LogP contribution is -2.30. The Labute approximate surface area is 133 Å². The van der Waals surface area contributed by atoms with E-state index in [1.807, 2.05) is 6.07 Å². The number of carbonyl (C=O) groups is 1. The lowest BCUT2D eigenvalue weighted by Gasteiger charge is -2.25. The van der Waals surface area contributed by atoms with E-state index in [1.165, 1.54) is 18.4 Å². The number of carbonyl (C=O) groups excluding carboxylic acids is 1. The summed E-state index contributed by atoms with van der Waals surface area (Å²) in [5.41, 5.74) is 3.85. The highest BCUT2D eigenvalue weighted by Crippen LogP contribution is 2.27. The van der Waals surface area contributed by atoms with Gasteiger partial charge in [-0.05, 0) is 49.9 Å². The minimum Gasteiger partial charge on any atom is -0.396 e. The summed E-state index contributed by atoms with van der Waals surface area (Å²) < 4.78 is 0.927. The number of nitrogen functional groups attached to an aromatic ring is 1. The largest absolute Gasteiger partial charge is 0.396 e. The Balaban J connectivity index is 2.03. The van der Waals surface area contributed by atoms with Crippen LogP contribution in [0.25, 0.3) is 0 Å². The van der Waals surface area contributed by atoms with Crippen LogP contribution in [0.5, 0.6) is 0 Å². The van der Waals surface area contributed by atoms with E-state index in [0.717, 1.165) is 30.4 Å². The molecule has 1 aromatic rings. The van der Waals surface area contributed by atoms with Gasteiger partial charge in [-0.2, -0.15) is 0 Å². The van der Waals surface area contributed by atoms with Crippen molar-refractivity contribution in [3.05, 3.63) is 33.8 Å². The number of amides is 1. The molecule has 6 heteroatoms. The zero-order chi connectivity index (χ0) is 15.2. The van der Waals surface area contributed by atoms with Gasteiger partial charge in [0.25, 0.3) is 5.91 Å². The number of halogens is 1. The second kappa shape index (κ2) is 7.89. The SMILES string of the molecule is NNC(=O)c1ccc(CN2CCCC2CCCO)c(Br)c1. The van der Waals surface area contributed by atoms with Gasteiger partial charge in [0.15, 0.2) is 0 Å². The molecule has 0 spiro atoms. The highest BCUT2D eigenvalue weighted by atomic mass is 79.9. The molecule has 0 aromatic heterocycles. The summed E-state index contributed by atoms with van der Waals surface area (Å²) in [6.07, 6.45) is 4.31. The number of aliphatic hydroxyl groups is 1. The smallest absolute Gasteiger partial charge is 0.265 e. The lowest BCUT2D eigenvalue weighted by atomic mass is 10.1. The molecule has 1 amide bonds. The minimum absolute atomic E-state index is 0.261. The van der Waals surface area contributed by atoms with E-state index in [9.17, 15) is 4.79 Å². The quantitative estimate of drug-likeness (QED) is 0.413. The van der Waals surface area contributed by atoms with Crippen LogP contribution in [0.4, 0.5) is 0 Å². The number of hydrogen-bond acceptors (Lipinski definition) is 4. The number of hydrogen-bond donors (Lipinski definition) is 3. The topological polar surface area (TPSA) is 78.6 Å². The van der Waals surface area contributed by atoms with E-state index >= 15 is 0 Å². The van der Waals surface area contributed by atoms with Crippen molar-refractivity contribution in [3.63, 3.8) is 0 Å². The number of nitrogens with two attached hydrogens (primary N) is 1. The molecule has 1 atom stereocenters. The van der Waals surface area contributed by atoms with Crippen molar-refractivity contribution in [3.8, 4) is 0 Å². The van der Waals surface area contributed by atoms with Gasteiger partial charge in [-0.3, -0.25) is 15.1 Å². The Morgan fingerprint density at radius 3 is 3.00 bits per heavy atom. The van der Waals surface area contributed by atoms with Crippen molar-refractivity contribution in [2.75, 3.05) is 13.2 Å². The number of rotatable bonds is 6. The molecule has 1 aliphatic rings. The van der Waals surface area contributed by atoms with Crippen molar-refractivity contribution in [1.82, 2.24) is 10.3 Å². The standard InChI is InChI=1S/C15H22BrN3O2/c16-14-9-11(15(21)18-17)5-6-12(14)10-19-7-1-3-13(19)4-2-8-20/h5-6,9,13,20H,1-4,7-8,10,17H2,(H,18,21). The van der Waals surface area contributed by atoms with Gasteiger partial charge in [0.1, 0.15) is 0 Å². The van der Waals surface area contributed by atoms with E-state index in [4.69, 9.17) is 10.9 Å². The van der Waals surface area contributed by atoms with Crippen LogP contribution in [0.1, 0.15) is 41.6 Å². The summed E-state index contributed by atoms with van der Waals surface area (Å²) in [6, 6.07) is 6.11. The summed E-state index contributed by atoms with van der Waals surface area (Å²) in [6.45, 7) is 2.21. The van der Waals surface area contributed by atoms with E-state index in [1.54, 1.807) is 12.1 Å². The average Bonchev–Trinajstić information content (AvgIpc) is 2.93. The van der Waals surface area contributed by atoms with Gasteiger partial charge in [-0.1, -0.05) is 22.0 Å². The zero-order valence-corrected chi connectivity index (χ0v) is 13.6. The third kappa shape index (κ3) is 4.26. The van der Waals surface area contributed by atoms with Gasteiger partial charge in [-0.15, -0.1) is 0 Å². The molecule has 116 valence electrons. The predicted molar refractivity (Wildman–Crippen MR) is 85.5 cm³/mol. The van der Waals surface area contributed by atoms with E-state index in [-0.39, 0.29) is 12.5 Å². The Bertz CT molecular complexity index is 496. The molecule has 1 saturated heterocycles. The zero-order valence-electron chi connectivity index (χ0n) is 12.0. The van der Waals surface area contributed by atoms with Crippen LogP contribution in [-0.2, 0) is 6.54 Å². The normalized spacial score (nSPS) is 18.9. The van der Waals surface area contributed by atoms with Crippen LogP contribution in [0.15, 0.2) is 22.7 Å². The van der Waals surface area contributed by atoms with Gasteiger partial charge < -0.3 is 5.11 Å². The first kappa shape index (κ1) is 16.4. The highest BCUT2D eigenvalue weighted by molar-refractivity contribution is 9.10. The Morgan fingerprint density at radius 2 is 2.33 bits per heavy atom. The average molecular weight is 356 g/mol. The molecule has 1 unspecified atom stereocenters. The summed E-state index contributed by atoms with van der Waals surface area (Å²) >= 11 is 3.54. The summed E-state index contributed by atoms with van der Waals surface area (Å²) in [5.74, 6) is 4.86. The third-order valence-electron chi connectivity index (χ3n) is 4.01. The number of likely N-dealkylation sites (tertiary alicyclic amines) is 1. The van der Waals surface area contributed by atoms with Gasteiger partial charge in [0.2, 0.25) is 0 Å². The van der Waals surface area contributed by atoms with Gasteiger partial charge in [0.05, 0.1) is 0 Å². The first-order chi connectivity index (χ1) is 10.2. The molecule has 0 radical (unpaired) electrons. The van der Waals surface area contributed by atoms with Gasteiger partial charge in [0, 0.05) is 29.2 Å². The third-order valence-corrected chi connectivity index (χ3v) is 4.75. The summed E-state index contributed by atoms with van der Waals surface area (Å²) in [4.78, 5) is 14.0. The molecule has 1 aromatic carbocycles. The van der Waals surface area contributed by atoms with Crippen molar-refractivity contribution in [2.24, 2.45) is 5.84 Å². The second-order valence-corrected chi connectivity index (χ2v) is 6.27. The molecule has 1 heterocycles. The van der Waals surface area contributed by atoms with Crippen LogP contribution in [0.2, 0.25) is 0 Å². The van der Waals surface area contributed by atoms with E-state index < -0.39 is 0 Å². The van der Waals surface area contributed by atoms with Crippen LogP contribution < -0.4 is 11.3 Å². The maximum absolute atomic E-state index is 11.5. The van der Waals surface area contributed by atoms with Crippen molar-refractivity contribution in [1.29, 1.82) is 0 Å². The van der Waals surface area contributed by atoms with Crippen molar-refractivity contribution >= 4 is 21.8 Å². The first-order valence-electron chi connectivity index (χ1n) is 7.30. The fraction of sp³-hybridized carbons (Fsp3) is 0.533. The summed E-state index contributed by atoms with van der Waals surface area (Å²) in [5, 5.41) is 8.98. The highest BCUT2D eigenvalue weighted by Gasteiger charge is 2.24. The number of nitrogens with one attached hydrogen (secondary N) is 1. The number of benzene rings is 1. The van der Waals surface area contributed by atoms with Crippen LogP contribution >= 0.6 is 15.9 Å². The lowest BCUT2D eigenvalue weighted by molar-refractivity contribution is 0.0953. The van der Waals surface area contributed by atoms with Crippen LogP contribution in [-0.4, -0.2) is 35.1 Å². The molecule has 0 aliphatic carbocycles. The number of hydrazine groups is 1. The van der Waals surface area contributed by atoms with E-state index in [2.05, 4.69) is 26.3 Å². The summed E-state index contributed by atoms with van der Waals surface area (Å²) in [7, 11) is 0. The van der Waals surface area contributed by atoms with Gasteiger partial charge in [-0.25, -0.2) is 5.84 Å². The second-order valence-electron chi connectivity index (χ2n) is 5.41. The monoisotopic (exact) mass is 355 g/mol. The molecular weight excluding hydrogens is 334 g/mol. The van der Waals surface area contributed by atoms with Crippen LogP contribution in [0, 0.1) is 0 Å². The molecule has 0 bridgehead atoms. The Kier molecular flexibility index (Phi) is 6.17. The molecule has 1 aliphatic heterocycles. The van der Waals surface area contributed by atoms with Crippen LogP contribution in [0.3, 0.4) is 0 Å². The fourth-order valence-corrected chi connectivity index (χ4v) is 3.38. The molecule has 4 N–H and O–H groups in total. The first-order valence-corrected chi connectivity index (χ1v) is 8.09. The maximum atomic E-state index is 11.5. The molecule has 21 heavy (non-hydrogen) atoms. The fourth-order valence-electron chi connectivity index (χ4n) is 2.88. The molecule has 5 nitrogen and oxygen atoms in total. The molecule has 1 fully saturated rings. The van der Waals surface area contributed by atoms with Gasteiger partial charge >= 0.3 is 0 Å². The number of aliphatic hydroxyl groups excluding tert-OH is 1. The Morgan fingerprint density at radius 1 is 1.52 bits per heavy atom. The van der Waals surface area contributed by atoms with Crippen molar-refractivity contribution < 1.29 is 9.90 Å². The van der Waals surface area contributed by atoms with Crippen molar-refractivity contribution in [2.45, 2.75) is 38.3 Å². The van der Waals surface area contributed by atoms with E-state index in [0.29, 0.717) is 11.6 Å². The minimum atomic E-state index is -0.288. The predicted octanol–water partition coefficient (Wildman–Crippen LogP) is 1.79.